The van der Waals surface area contributed by atoms with Crippen LogP contribution in [0.15, 0.2) is 6.07 Å². The van der Waals surface area contributed by atoms with E-state index in [1.165, 1.54) is 17.8 Å². The Morgan fingerprint density at radius 1 is 1.59 bits per heavy atom. The van der Waals surface area contributed by atoms with Crippen molar-refractivity contribution >= 4 is 39.9 Å². The molecule has 0 aromatic carbocycles. The van der Waals surface area contributed by atoms with Crippen molar-refractivity contribution in [1.29, 1.82) is 0 Å². The molecule has 1 aliphatic rings. The summed E-state index contributed by atoms with van der Waals surface area (Å²) in [4.78, 5) is 14.2. The second kappa shape index (κ2) is 6.98. The Labute approximate surface area is 140 Å². The van der Waals surface area contributed by atoms with Crippen LogP contribution in [-0.2, 0) is 7.05 Å². The van der Waals surface area contributed by atoms with Gasteiger partial charge in [-0.15, -0.1) is 23.7 Å². The lowest BCUT2D eigenvalue weighted by atomic mass is 10.1. The van der Waals surface area contributed by atoms with Crippen LogP contribution in [0.1, 0.15) is 48.0 Å². The van der Waals surface area contributed by atoms with Crippen LogP contribution in [0.3, 0.4) is 0 Å². The molecule has 0 spiro atoms. The van der Waals surface area contributed by atoms with Gasteiger partial charge in [0.25, 0.3) is 5.91 Å². The minimum Gasteiger partial charge on any atom is -0.350 e. The molecule has 1 fully saturated rings. The Morgan fingerprint density at radius 2 is 2.36 bits per heavy atom. The Bertz CT molecular complexity index is 658. The Balaban J connectivity index is 0.00000176. The van der Waals surface area contributed by atoms with Gasteiger partial charge in [-0.05, 0) is 31.4 Å². The lowest BCUT2D eigenvalue weighted by Crippen LogP contribution is -2.36. The third kappa shape index (κ3) is 3.29. The van der Waals surface area contributed by atoms with Crippen molar-refractivity contribution < 1.29 is 4.79 Å². The van der Waals surface area contributed by atoms with Gasteiger partial charge in [0.1, 0.15) is 4.83 Å². The van der Waals surface area contributed by atoms with E-state index in [0.29, 0.717) is 18.5 Å². The number of halogens is 1. The van der Waals surface area contributed by atoms with Crippen LogP contribution < -0.4 is 10.6 Å². The van der Waals surface area contributed by atoms with Crippen molar-refractivity contribution in [1.82, 2.24) is 20.4 Å². The lowest BCUT2D eigenvalue weighted by Gasteiger charge is -2.10. The van der Waals surface area contributed by atoms with Crippen LogP contribution in [0.4, 0.5) is 0 Å². The van der Waals surface area contributed by atoms with Crippen molar-refractivity contribution in [2.75, 3.05) is 13.1 Å². The van der Waals surface area contributed by atoms with Gasteiger partial charge >= 0.3 is 0 Å². The van der Waals surface area contributed by atoms with Crippen LogP contribution in [-0.4, -0.2) is 34.8 Å². The summed E-state index contributed by atoms with van der Waals surface area (Å²) in [5, 5.41) is 12.1. The quantitative estimate of drug-likeness (QED) is 0.898. The molecule has 1 amide bonds. The summed E-state index contributed by atoms with van der Waals surface area (Å²) in [5.74, 6) is 0.390. The summed E-state index contributed by atoms with van der Waals surface area (Å²) in [6.45, 7) is 6.03. The minimum atomic E-state index is 0. The lowest BCUT2D eigenvalue weighted by molar-refractivity contribution is 0.0954. The number of rotatable bonds is 4. The highest BCUT2D eigenvalue weighted by Gasteiger charge is 2.20. The first-order valence-electron chi connectivity index (χ1n) is 7.54. The summed E-state index contributed by atoms with van der Waals surface area (Å²) in [6, 6.07) is 2.41. The molecule has 1 aliphatic heterocycles. The highest BCUT2D eigenvalue weighted by Crippen LogP contribution is 2.31. The maximum atomic E-state index is 12.3. The van der Waals surface area contributed by atoms with Gasteiger partial charge < -0.3 is 10.6 Å². The molecular weight excluding hydrogens is 320 g/mol. The number of hydrogen-bond donors (Lipinski definition) is 2. The molecule has 0 saturated carbocycles. The molecule has 1 saturated heterocycles. The first-order valence-corrected chi connectivity index (χ1v) is 8.36. The predicted molar refractivity (Wildman–Crippen MR) is 93.3 cm³/mol. The van der Waals surface area contributed by atoms with Gasteiger partial charge in [-0.3, -0.25) is 9.48 Å². The highest BCUT2D eigenvalue weighted by atomic mass is 35.5. The van der Waals surface area contributed by atoms with Crippen LogP contribution in [0.2, 0.25) is 0 Å². The number of carbonyl (C=O) groups is 1. The number of hydrogen-bond acceptors (Lipinski definition) is 4. The number of fused-ring (bicyclic) bond motifs is 1. The molecule has 1 atom stereocenters. The smallest absolute Gasteiger partial charge is 0.261 e. The number of thiophene rings is 1. The van der Waals surface area contributed by atoms with Gasteiger partial charge in [0, 0.05) is 25.0 Å². The van der Waals surface area contributed by atoms with Crippen molar-refractivity contribution in [3.05, 3.63) is 16.6 Å². The zero-order chi connectivity index (χ0) is 15.0. The average molecular weight is 343 g/mol. The number of aromatic nitrogens is 2. The fraction of sp³-hybridized carbons (Fsp3) is 0.600. The second-order valence-corrected chi connectivity index (χ2v) is 7.03. The normalized spacial score (nSPS) is 17.9. The maximum absolute atomic E-state index is 12.3. The van der Waals surface area contributed by atoms with Gasteiger partial charge in [-0.1, -0.05) is 13.8 Å². The molecule has 1 unspecified atom stereocenters. The number of carbonyl (C=O) groups excluding carboxylic acids is 1. The van der Waals surface area contributed by atoms with E-state index >= 15 is 0 Å². The number of nitrogens with zero attached hydrogens (tertiary/aromatic N) is 2. The molecular formula is C15H23ClN4OS. The van der Waals surface area contributed by atoms with Crippen LogP contribution in [0, 0.1) is 0 Å². The van der Waals surface area contributed by atoms with E-state index in [1.54, 1.807) is 0 Å². The van der Waals surface area contributed by atoms with Gasteiger partial charge in [0.2, 0.25) is 0 Å². The monoisotopic (exact) mass is 342 g/mol. The molecule has 5 nitrogen and oxygen atoms in total. The second-order valence-electron chi connectivity index (χ2n) is 6.00. The Morgan fingerprint density at radius 3 is 3.00 bits per heavy atom. The first-order chi connectivity index (χ1) is 10.1. The van der Waals surface area contributed by atoms with Gasteiger partial charge in [-0.25, -0.2) is 0 Å². The average Bonchev–Trinajstić information content (AvgIpc) is 3.13. The van der Waals surface area contributed by atoms with Gasteiger partial charge in [0.15, 0.2) is 0 Å². The summed E-state index contributed by atoms with van der Waals surface area (Å²) >= 11 is 1.52. The van der Waals surface area contributed by atoms with E-state index in [2.05, 4.69) is 29.6 Å². The van der Waals surface area contributed by atoms with Crippen LogP contribution in [0.5, 0.6) is 0 Å². The van der Waals surface area contributed by atoms with E-state index in [0.717, 1.165) is 33.8 Å². The Kier molecular flexibility index (Phi) is 5.47. The summed E-state index contributed by atoms with van der Waals surface area (Å²) in [5.41, 5.74) is 1.07. The van der Waals surface area contributed by atoms with Crippen molar-refractivity contribution in [2.24, 2.45) is 7.05 Å². The van der Waals surface area contributed by atoms with Crippen LogP contribution in [0.25, 0.3) is 10.2 Å². The molecule has 2 N–H and O–H groups in total. The minimum absolute atomic E-state index is 0. The third-order valence-electron chi connectivity index (χ3n) is 3.98. The molecule has 22 heavy (non-hydrogen) atoms. The van der Waals surface area contributed by atoms with Crippen molar-refractivity contribution in [3.8, 4) is 0 Å². The molecule has 2 aromatic heterocycles. The SMILES string of the molecule is CC(C)c1nn(C)c2sc(C(=O)NCC3CCCN3)cc12.Cl. The molecule has 3 rings (SSSR count). The van der Waals surface area contributed by atoms with Crippen molar-refractivity contribution in [3.63, 3.8) is 0 Å². The van der Waals surface area contributed by atoms with E-state index in [4.69, 9.17) is 0 Å². The molecule has 2 aromatic rings. The van der Waals surface area contributed by atoms with E-state index in [9.17, 15) is 4.79 Å². The predicted octanol–water partition coefficient (Wildman–Crippen LogP) is 2.66. The van der Waals surface area contributed by atoms with E-state index in [1.807, 2.05) is 17.8 Å². The zero-order valence-corrected chi connectivity index (χ0v) is 14.8. The molecule has 7 heteroatoms. The number of nitrogens with one attached hydrogen (secondary N) is 2. The fourth-order valence-corrected chi connectivity index (χ4v) is 3.83. The fourth-order valence-electron chi connectivity index (χ4n) is 2.84. The molecule has 0 aliphatic carbocycles. The van der Waals surface area contributed by atoms with E-state index in [-0.39, 0.29) is 18.3 Å². The first kappa shape index (κ1) is 17.2. The Hall–Kier alpha value is -1.11. The third-order valence-corrected chi connectivity index (χ3v) is 5.18. The molecule has 122 valence electrons. The van der Waals surface area contributed by atoms with Gasteiger partial charge in [-0.2, -0.15) is 5.10 Å². The highest BCUT2D eigenvalue weighted by molar-refractivity contribution is 7.20. The molecule has 3 heterocycles. The summed E-state index contributed by atoms with van der Waals surface area (Å²) in [6.07, 6.45) is 2.35. The summed E-state index contributed by atoms with van der Waals surface area (Å²) in [7, 11) is 1.94. The number of aryl methyl sites for hydroxylation is 1. The maximum Gasteiger partial charge on any atom is 0.261 e. The standard InChI is InChI=1S/C15H22N4OS.ClH/c1-9(2)13-11-7-12(21-15(11)19(3)18-13)14(20)17-8-10-5-4-6-16-10;/h7,9-10,16H,4-6,8H2,1-3H3,(H,17,20);1H. The molecule has 0 bridgehead atoms. The largest absolute Gasteiger partial charge is 0.350 e. The topological polar surface area (TPSA) is 59.0 Å². The van der Waals surface area contributed by atoms with E-state index < -0.39 is 0 Å². The number of amides is 1. The zero-order valence-electron chi connectivity index (χ0n) is 13.2. The summed E-state index contributed by atoms with van der Waals surface area (Å²) < 4.78 is 1.88. The van der Waals surface area contributed by atoms with Gasteiger partial charge in [0.05, 0.1) is 10.6 Å². The molecule has 0 radical (unpaired) electrons. The van der Waals surface area contributed by atoms with Crippen LogP contribution >= 0.6 is 23.7 Å². The van der Waals surface area contributed by atoms with Crippen molar-refractivity contribution in [2.45, 2.75) is 38.6 Å².